The highest BCUT2D eigenvalue weighted by Crippen LogP contribution is 2.13. The van der Waals surface area contributed by atoms with Crippen LogP contribution in [0.3, 0.4) is 0 Å². The summed E-state index contributed by atoms with van der Waals surface area (Å²) in [7, 11) is 1.96. The summed E-state index contributed by atoms with van der Waals surface area (Å²) in [6.45, 7) is 2.48. The zero-order chi connectivity index (χ0) is 13.0. The predicted molar refractivity (Wildman–Crippen MR) is 66.7 cm³/mol. The minimum Gasteiger partial charge on any atom is -0.380 e. The van der Waals surface area contributed by atoms with Gasteiger partial charge in [-0.1, -0.05) is 12.1 Å². The molecule has 1 heterocycles. The minimum absolute atomic E-state index is 0.0239. The van der Waals surface area contributed by atoms with Crippen LogP contribution in [0.5, 0.6) is 0 Å². The fourth-order valence-corrected chi connectivity index (χ4v) is 2.19. The van der Waals surface area contributed by atoms with Crippen molar-refractivity contribution in [2.45, 2.75) is 13.0 Å². The highest BCUT2D eigenvalue weighted by atomic mass is 19.1. The highest BCUT2D eigenvalue weighted by Gasteiger charge is 2.23. The molecular weight excluding hydrogens is 233 g/mol. The standard InChI is InChI=1S/C14H18FNO2/c1-16(8-11-2-4-13(15)5-3-11)9-12-10-18-7-6-14(12)17/h2-5,12H,6-10H2,1H3. The molecular formula is C14H18FNO2. The summed E-state index contributed by atoms with van der Waals surface area (Å²) < 4.78 is 18.1. The van der Waals surface area contributed by atoms with Crippen LogP contribution in [0.2, 0.25) is 0 Å². The maximum atomic E-state index is 12.8. The summed E-state index contributed by atoms with van der Waals surface area (Å²) >= 11 is 0. The molecule has 0 bridgehead atoms. The van der Waals surface area contributed by atoms with Crippen LogP contribution in [-0.4, -0.2) is 37.5 Å². The second kappa shape index (κ2) is 6.07. The van der Waals surface area contributed by atoms with Crippen molar-refractivity contribution in [3.05, 3.63) is 35.6 Å². The van der Waals surface area contributed by atoms with Gasteiger partial charge in [-0.15, -0.1) is 0 Å². The predicted octanol–water partition coefficient (Wildman–Crippen LogP) is 1.86. The van der Waals surface area contributed by atoms with Crippen molar-refractivity contribution in [3.8, 4) is 0 Å². The van der Waals surface area contributed by atoms with Crippen LogP contribution in [0.4, 0.5) is 4.39 Å². The number of nitrogens with zero attached hydrogens (tertiary/aromatic N) is 1. The van der Waals surface area contributed by atoms with E-state index >= 15 is 0 Å². The van der Waals surface area contributed by atoms with Gasteiger partial charge in [0.25, 0.3) is 0 Å². The van der Waals surface area contributed by atoms with E-state index in [0.717, 1.165) is 5.56 Å². The molecule has 0 aliphatic carbocycles. The lowest BCUT2D eigenvalue weighted by Gasteiger charge is -2.26. The van der Waals surface area contributed by atoms with Gasteiger partial charge in [0.2, 0.25) is 0 Å². The zero-order valence-corrected chi connectivity index (χ0v) is 10.6. The second-order valence-corrected chi connectivity index (χ2v) is 4.81. The molecule has 1 saturated heterocycles. The summed E-state index contributed by atoms with van der Waals surface area (Å²) in [5.41, 5.74) is 1.04. The number of carbonyl (C=O) groups is 1. The van der Waals surface area contributed by atoms with Gasteiger partial charge in [-0.25, -0.2) is 4.39 Å². The number of hydrogen-bond acceptors (Lipinski definition) is 3. The van der Waals surface area contributed by atoms with Gasteiger partial charge in [-0.2, -0.15) is 0 Å². The van der Waals surface area contributed by atoms with E-state index in [2.05, 4.69) is 4.90 Å². The Kier molecular flexibility index (Phi) is 4.44. The fourth-order valence-electron chi connectivity index (χ4n) is 2.19. The summed E-state index contributed by atoms with van der Waals surface area (Å²) in [4.78, 5) is 13.7. The highest BCUT2D eigenvalue weighted by molar-refractivity contribution is 5.82. The molecule has 1 aromatic carbocycles. The molecule has 0 amide bonds. The summed E-state index contributed by atoms with van der Waals surface area (Å²) in [5.74, 6) is 0.0358. The maximum absolute atomic E-state index is 12.8. The zero-order valence-electron chi connectivity index (χ0n) is 10.6. The third-order valence-electron chi connectivity index (χ3n) is 3.16. The lowest BCUT2D eigenvalue weighted by Crippen LogP contribution is -2.36. The third-order valence-corrected chi connectivity index (χ3v) is 3.16. The van der Waals surface area contributed by atoms with Crippen LogP contribution < -0.4 is 0 Å². The molecule has 1 aromatic rings. The number of Topliss-reactive ketones (excluding diaryl/α,β-unsaturated/α-hetero) is 1. The Balaban J connectivity index is 1.86. The first-order valence-electron chi connectivity index (χ1n) is 6.18. The van der Waals surface area contributed by atoms with E-state index in [1.165, 1.54) is 12.1 Å². The number of ether oxygens (including phenoxy) is 1. The van der Waals surface area contributed by atoms with Gasteiger partial charge in [0, 0.05) is 19.5 Å². The van der Waals surface area contributed by atoms with Crippen molar-refractivity contribution < 1.29 is 13.9 Å². The van der Waals surface area contributed by atoms with E-state index in [0.29, 0.717) is 32.7 Å². The van der Waals surface area contributed by atoms with Gasteiger partial charge in [0.1, 0.15) is 11.6 Å². The summed E-state index contributed by atoms with van der Waals surface area (Å²) in [5, 5.41) is 0. The largest absolute Gasteiger partial charge is 0.380 e. The maximum Gasteiger partial charge on any atom is 0.141 e. The van der Waals surface area contributed by atoms with Crippen LogP contribution in [-0.2, 0) is 16.1 Å². The third kappa shape index (κ3) is 3.62. The van der Waals surface area contributed by atoms with Gasteiger partial charge in [0.05, 0.1) is 19.1 Å². The Morgan fingerprint density at radius 2 is 2.11 bits per heavy atom. The normalized spacial score (nSPS) is 20.4. The molecule has 0 spiro atoms. The molecule has 0 radical (unpaired) electrons. The molecule has 4 heteroatoms. The van der Waals surface area contributed by atoms with E-state index < -0.39 is 0 Å². The topological polar surface area (TPSA) is 29.5 Å². The Morgan fingerprint density at radius 3 is 2.78 bits per heavy atom. The average molecular weight is 251 g/mol. The number of halogens is 1. The average Bonchev–Trinajstić information content (AvgIpc) is 2.35. The van der Waals surface area contributed by atoms with Crippen LogP contribution in [0.15, 0.2) is 24.3 Å². The first kappa shape index (κ1) is 13.2. The van der Waals surface area contributed by atoms with Crippen LogP contribution >= 0.6 is 0 Å². The Bertz CT molecular complexity index is 405. The summed E-state index contributed by atoms with van der Waals surface area (Å²) in [6, 6.07) is 6.45. The van der Waals surface area contributed by atoms with Crippen molar-refractivity contribution in [2.24, 2.45) is 5.92 Å². The van der Waals surface area contributed by atoms with Gasteiger partial charge < -0.3 is 9.64 Å². The first-order valence-corrected chi connectivity index (χ1v) is 6.18. The number of ketones is 1. The molecule has 1 aliphatic rings. The number of benzene rings is 1. The van der Waals surface area contributed by atoms with Crippen molar-refractivity contribution >= 4 is 5.78 Å². The number of hydrogen-bond donors (Lipinski definition) is 0. The van der Waals surface area contributed by atoms with Crippen molar-refractivity contribution in [1.29, 1.82) is 0 Å². The second-order valence-electron chi connectivity index (χ2n) is 4.81. The van der Waals surface area contributed by atoms with Crippen molar-refractivity contribution in [1.82, 2.24) is 4.90 Å². The number of carbonyl (C=O) groups excluding carboxylic acids is 1. The fraction of sp³-hybridized carbons (Fsp3) is 0.500. The van der Waals surface area contributed by atoms with E-state index in [1.807, 2.05) is 7.05 Å². The van der Waals surface area contributed by atoms with Gasteiger partial charge in [-0.05, 0) is 24.7 Å². The number of rotatable bonds is 4. The van der Waals surface area contributed by atoms with E-state index in [1.54, 1.807) is 12.1 Å². The molecule has 0 aromatic heterocycles. The lowest BCUT2D eigenvalue weighted by molar-refractivity contribution is -0.131. The molecule has 1 fully saturated rings. The lowest BCUT2D eigenvalue weighted by atomic mass is 10.00. The van der Waals surface area contributed by atoms with E-state index in [9.17, 15) is 9.18 Å². The van der Waals surface area contributed by atoms with Gasteiger partial charge in [0.15, 0.2) is 0 Å². The molecule has 98 valence electrons. The van der Waals surface area contributed by atoms with Crippen molar-refractivity contribution in [3.63, 3.8) is 0 Å². The quantitative estimate of drug-likeness (QED) is 0.818. The van der Waals surface area contributed by atoms with Crippen LogP contribution in [0.25, 0.3) is 0 Å². The molecule has 1 atom stereocenters. The smallest absolute Gasteiger partial charge is 0.141 e. The molecule has 3 nitrogen and oxygen atoms in total. The Labute approximate surface area is 107 Å². The van der Waals surface area contributed by atoms with Gasteiger partial charge in [-0.3, -0.25) is 4.79 Å². The SMILES string of the molecule is CN(Cc1ccc(F)cc1)CC1COCCC1=O. The first-order chi connectivity index (χ1) is 8.65. The molecule has 2 rings (SSSR count). The molecule has 1 aliphatic heterocycles. The summed E-state index contributed by atoms with van der Waals surface area (Å²) in [6.07, 6.45) is 0.523. The van der Waals surface area contributed by atoms with Crippen LogP contribution in [0.1, 0.15) is 12.0 Å². The van der Waals surface area contributed by atoms with Crippen molar-refractivity contribution in [2.75, 3.05) is 26.8 Å². The monoisotopic (exact) mass is 251 g/mol. The van der Waals surface area contributed by atoms with E-state index in [4.69, 9.17) is 4.74 Å². The van der Waals surface area contributed by atoms with Crippen LogP contribution in [0, 0.1) is 11.7 Å². The molecule has 0 saturated carbocycles. The van der Waals surface area contributed by atoms with E-state index in [-0.39, 0.29) is 17.5 Å². The van der Waals surface area contributed by atoms with Gasteiger partial charge >= 0.3 is 0 Å². The molecule has 0 N–H and O–H groups in total. The Morgan fingerprint density at radius 1 is 1.39 bits per heavy atom. The Hall–Kier alpha value is -1.26. The molecule has 1 unspecified atom stereocenters. The molecule has 18 heavy (non-hydrogen) atoms. The minimum atomic E-state index is -0.225.